The molecule has 0 bridgehead atoms. The second-order valence-corrected chi connectivity index (χ2v) is 8.46. The molecule has 0 spiro atoms. The van der Waals surface area contributed by atoms with E-state index in [2.05, 4.69) is 49.2 Å². The van der Waals surface area contributed by atoms with Gasteiger partial charge in [0, 0.05) is 31.0 Å². The van der Waals surface area contributed by atoms with Crippen molar-refractivity contribution in [1.82, 2.24) is 14.8 Å². The van der Waals surface area contributed by atoms with Crippen molar-refractivity contribution in [2.45, 2.75) is 11.7 Å². The molecule has 1 amide bonds. The van der Waals surface area contributed by atoms with E-state index in [0.717, 1.165) is 28.3 Å². The molecule has 0 saturated heterocycles. The number of hydrogen-bond acceptors (Lipinski definition) is 5. The van der Waals surface area contributed by atoms with Crippen molar-refractivity contribution < 1.29 is 4.79 Å². The molecule has 4 rings (SSSR count). The number of anilines is 2. The summed E-state index contributed by atoms with van der Waals surface area (Å²) in [5, 5.41) is 12.5. The van der Waals surface area contributed by atoms with Crippen LogP contribution >= 0.6 is 11.8 Å². The second-order valence-electron chi connectivity index (χ2n) is 7.52. The molecule has 0 atom stereocenters. The Balaban J connectivity index is 1.55. The summed E-state index contributed by atoms with van der Waals surface area (Å²) < 4.78 is 2.07. The maximum absolute atomic E-state index is 12.4. The first-order valence-electron chi connectivity index (χ1n) is 10.3. The fourth-order valence-electron chi connectivity index (χ4n) is 3.27. The van der Waals surface area contributed by atoms with Gasteiger partial charge in [-0.2, -0.15) is 0 Å². The molecule has 0 aliphatic carbocycles. The van der Waals surface area contributed by atoms with Crippen LogP contribution in [0.4, 0.5) is 11.4 Å². The Morgan fingerprint density at radius 3 is 2.22 bits per heavy atom. The fraction of sp³-hybridized carbons (Fsp3) is 0.160. The smallest absolute Gasteiger partial charge is 0.234 e. The molecule has 3 aromatic carbocycles. The van der Waals surface area contributed by atoms with Crippen molar-refractivity contribution in [3.05, 3.63) is 90.5 Å². The molecular formula is C25H25N5OS. The molecule has 0 unspecified atom stereocenters. The molecule has 4 aromatic rings. The van der Waals surface area contributed by atoms with E-state index in [1.807, 2.05) is 74.8 Å². The lowest BCUT2D eigenvalue weighted by Gasteiger charge is -2.14. The standard InChI is InChI=1S/C25H25N5OS/c1-29(2)22-15-13-19(14-16-22)17-30-24(20-9-5-3-6-10-20)27-28-25(30)32-18-23(31)26-21-11-7-4-8-12-21/h3-16H,17-18H2,1-2H3,(H,26,31). The number of aromatic nitrogens is 3. The van der Waals surface area contributed by atoms with Crippen LogP contribution in [0.2, 0.25) is 0 Å². The lowest BCUT2D eigenvalue weighted by Crippen LogP contribution is -2.14. The average Bonchev–Trinajstić information content (AvgIpc) is 3.21. The van der Waals surface area contributed by atoms with Crippen LogP contribution in [-0.4, -0.2) is 40.5 Å². The van der Waals surface area contributed by atoms with Gasteiger partial charge in [-0.25, -0.2) is 0 Å². The number of thioether (sulfide) groups is 1. The molecule has 0 aliphatic rings. The summed E-state index contributed by atoms with van der Waals surface area (Å²) >= 11 is 1.39. The van der Waals surface area contributed by atoms with Crippen LogP contribution < -0.4 is 10.2 Å². The van der Waals surface area contributed by atoms with Crippen molar-refractivity contribution in [2.24, 2.45) is 0 Å². The molecular weight excluding hydrogens is 418 g/mol. The van der Waals surface area contributed by atoms with Crippen molar-refractivity contribution in [3.63, 3.8) is 0 Å². The van der Waals surface area contributed by atoms with E-state index in [-0.39, 0.29) is 11.7 Å². The Morgan fingerprint density at radius 2 is 1.56 bits per heavy atom. The number of nitrogens with zero attached hydrogens (tertiary/aromatic N) is 4. The topological polar surface area (TPSA) is 63.1 Å². The number of hydrogen-bond donors (Lipinski definition) is 1. The number of nitrogens with one attached hydrogen (secondary N) is 1. The van der Waals surface area contributed by atoms with Gasteiger partial charge in [0.2, 0.25) is 5.91 Å². The van der Waals surface area contributed by atoms with Gasteiger partial charge in [-0.05, 0) is 29.8 Å². The van der Waals surface area contributed by atoms with Crippen LogP contribution in [-0.2, 0) is 11.3 Å². The molecule has 0 saturated carbocycles. The van der Waals surface area contributed by atoms with Gasteiger partial charge in [0.05, 0.1) is 12.3 Å². The SMILES string of the molecule is CN(C)c1ccc(Cn2c(SCC(=O)Nc3ccccc3)nnc2-c2ccccc2)cc1. The Kier molecular flexibility index (Phi) is 6.87. The Labute approximate surface area is 192 Å². The van der Waals surface area contributed by atoms with Gasteiger partial charge in [0.1, 0.15) is 0 Å². The highest BCUT2D eigenvalue weighted by atomic mass is 32.2. The van der Waals surface area contributed by atoms with Gasteiger partial charge < -0.3 is 10.2 Å². The van der Waals surface area contributed by atoms with Gasteiger partial charge in [0.25, 0.3) is 0 Å². The first-order valence-corrected chi connectivity index (χ1v) is 11.3. The zero-order valence-electron chi connectivity index (χ0n) is 18.1. The Morgan fingerprint density at radius 1 is 0.906 bits per heavy atom. The highest BCUT2D eigenvalue weighted by molar-refractivity contribution is 7.99. The van der Waals surface area contributed by atoms with Crippen LogP contribution in [0, 0.1) is 0 Å². The van der Waals surface area contributed by atoms with Crippen molar-refractivity contribution >= 4 is 29.0 Å². The quantitative estimate of drug-likeness (QED) is 0.397. The summed E-state index contributed by atoms with van der Waals surface area (Å²) in [5.41, 5.74) is 4.06. The first kappa shape index (κ1) is 21.6. The Hall–Kier alpha value is -3.58. The Bertz CT molecular complexity index is 1160. The molecule has 1 aromatic heterocycles. The third kappa shape index (κ3) is 5.36. The molecule has 32 heavy (non-hydrogen) atoms. The van der Waals surface area contributed by atoms with E-state index in [9.17, 15) is 4.79 Å². The van der Waals surface area contributed by atoms with Gasteiger partial charge >= 0.3 is 0 Å². The van der Waals surface area contributed by atoms with Crippen molar-refractivity contribution in [3.8, 4) is 11.4 Å². The van der Waals surface area contributed by atoms with Crippen molar-refractivity contribution in [1.29, 1.82) is 0 Å². The normalized spacial score (nSPS) is 10.7. The van der Waals surface area contributed by atoms with Crippen LogP contribution in [0.25, 0.3) is 11.4 Å². The van der Waals surface area contributed by atoms with E-state index >= 15 is 0 Å². The van der Waals surface area contributed by atoms with Crippen LogP contribution in [0.15, 0.2) is 90.1 Å². The third-order valence-corrected chi connectivity index (χ3v) is 5.90. The lowest BCUT2D eigenvalue weighted by atomic mass is 10.2. The highest BCUT2D eigenvalue weighted by Crippen LogP contribution is 2.26. The summed E-state index contributed by atoms with van der Waals surface area (Å²) in [6.45, 7) is 0.619. The summed E-state index contributed by atoms with van der Waals surface area (Å²) in [6, 6.07) is 27.9. The lowest BCUT2D eigenvalue weighted by molar-refractivity contribution is -0.113. The number of carbonyl (C=O) groups is 1. The molecule has 1 N–H and O–H groups in total. The number of carbonyl (C=O) groups excluding carboxylic acids is 1. The van der Waals surface area contributed by atoms with Gasteiger partial charge in [-0.15, -0.1) is 10.2 Å². The summed E-state index contributed by atoms with van der Waals surface area (Å²) in [7, 11) is 4.05. The third-order valence-electron chi connectivity index (χ3n) is 4.93. The van der Waals surface area contributed by atoms with Gasteiger partial charge in [0.15, 0.2) is 11.0 Å². The fourth-order valence-corrected chi connectivity index (χ4v) is 4.01. The number of rotatable bonds is 8. The number of benzene rings is 3. The minimum Gasteiger partial charge on any atom is -0.378 e. The first-order chi connectivity index (χ1) is 15.6. The van der Waals surface area contributed by atoms with E-state index in [0.29, 0.717) is 11.7 Å². The molecule has 0 aliphatic heterocycles. The van der Waals surface area contributed by atoms with Crippen LogP contribution in [0.3, 0.4) is 0 Å². The van der Waals surface area contributed by atoms with Gasteiger partial charge in [-0.1, -0.05) is 72.4 Å². The zero-order valence-corrected chi connectivity index (χ0v) is 18.9. The molecule has 7 heteroatoms. The molecule has 1 heterocycles. The summed E-state index contributed by atoms with van der Waals surface area (Å²) in [6.07, 6.45) is 0. The molecule has 162 valence electrons. The summed E-state index contributed by atoms with van der Waals surface area (Å²) in [4.78, 5) is 14.5. The molecule has 6 nitrogen and oxygen atoms in total. The summed E-state index contributed by atoms with van der Waals surface area (Å²) in [5.74, 6) is 0.960. The highest BCUT2D eigenvalue weighted by Gasteiger charge is 2.16. The second kappa shape index (κ2) is 10.2. The van der Waals surface area contributed by atoms with E-state index in [1.54, 1.807) is 0 Å². The minimum absolute atomic E-state index is 0.0765. The predicted molar refractivity (Wildman–Crippen MR) is 131 cm³/mol. The monoisotopic (exact) mass is 443 g/mol. The van der Waals surface area contributed by atoms with Crippen molar-refractivity contribution in [2.75, 3.05) is 30.1 Å². The molecule has 0 radical (unpaired) electrons. The van der Waals surface area contributed by atoms with E-state index in [4.69, 9.17) is 0 Å². The number of para-hydroxylation sites is 1. The zero-order chi connectivity index (χ0) is 22.3. The largest absolute Gasteiger partial charge is 0.378 e. The number of amides is 1. The maximum atomic E-state index is 12.4. The van der Waals surface area contributed by atoms with Crippen LogP contribution in [0.1, 0.15) is 5.56 Å². The predicted octanol–water partition coefficient (Wildman–Crippen LogP) is 4.79. The van der Waals surface area contributed by atoms with Crippen LogP contribution in [0.5, 0.6) is 0 Å². The molecule has 0 fully saturated rings. The van der Waals surface area contributed by atoms with E-state index < -0.39 is 0 Å². The minimum atomic E-state index is -0.0765. The maximum Gasteiger partial charge on any atom is 0.234 e. The van der Waals surface area contributed by atoms with Gasteiger partial charge in [-0.3, -0.25) is 9.36 Å². The average molecular weight is 444 g/mol. The van der Waals surface area contributed by atoms with E-state index in [1.165, 1.54) is 11.8 Å².